The number of carbonyl (C=O) groups is 4. The third-order valence-electron chi connectivity index (χ3n) is 9.62. The van der Waals surface area contributed by atoms with Crippen molar-refractivity contribution in [3.63, 3.8) is 0 Å². The molecular weight excluding hydrogens is 693 g/mol. The Labute approximate surface area is 295 Å². The number of hydrogen-bond donors (Lipinski definition) is 3. The van der Waals surface area contributed by atoms with Crippen molar-refractivity contribution in [3.8, 4) is 0 Å². The van der Waals surface area contributed by atoms with Crippen molar-refractivity contribution < 1.29 is 32.4 Å². The van der Waals surface area contributed by atoms with Crippen LogP contribution in [0.1, 0.15) is 70.3 Å². The van der Waals surface area contributed by atoms with Gasteiger partial charge in [-0.25, -0.2) is 8.42 Å². The highest BCUT2D eigenvalue weighted by Gasteiger charge is 2.56. The molecule has 2 aliphatic carbocycles. The molecule has 2 heterocycles. The first-order valence-electron chi connectivity index (χ1n) is 16.6. The van der Waals surface area contributed by atoms with Gasteiger partial charge in [-0.05, 0) is 74.4 Å². The Kier molecular flexibility index (Phi) is 10.4. The molecule has 2 aromatic rings. The molecule has 4 atom stereocenters. The van der Waals surface area contributed by atoms with E-state index in [0.29, 0.717) is 35.0 Å². The molecule has 262 valence electrons. The quantitative estimate of drug-likeness (QED) is 0.264. The predicted octanol–water partition coefficient (Wildman–Crippen LogP) is 3.74. The van der Waals surface area contributed by atoms with Crippen LogP contribution in [0.3, 0.4) is 0 Å². The van der Waals surface area contributed by atoms with E-state index in [2.05, 4.69) is 20.5 Å². The molecule has 12 nitrogen and oxygen atoms in total. The first kappa shape index (κ1) is 35.3. The largest absolute Gasteiger partial charge is 0.387 e. The second kappa shape index (κ2) is 14.4. The van der Waals surface area contributed by atoms with Crippen molar-refractivity contribution in [2.45, 2.75) is 99.4 Å². The Bertz CT molecular complexity index is 1760. The number of oxime groups is 1. The van der Waals surface area contributed by atoms with Gasteiger partial charge in [0.05, 0.1) is 23.2 Å². The van der Waals surface area contributed by atoms with Crippen molar-refractivity contribution in [1.29, 1.82) is 0 Å². The Morgan fingerprint density at radius 2 is 1.78 bits per heavy atom. The number of Topliss-reactive ketones (excluding diaryl/α,β-unsaturated/α-hetero) is 1. The maximum atomic E-state index is 14.5. The van der Waals surface area contributed by atoms with E-state index < -0.39 is 57.3 Å². The van der Waals surface area contributed by atoms with E-state index >= 15 is 0 Å². The van der Waals surface area contributed by atoms with Crippen molar-refractivity contribution >= 4 is 62.4 Å². The molecule has 3 amide bonds. The molecule has 0 bridgehead atoms. The van der Waals surface area contributed by atoms with Crippen molar-refractivity contribution in [3.05, 3.63) is 64.1 Å². The van der Waals surface area contributed by atoms with Gasteiger partial charge in [-0.1, -0.05) is 60.3 Å². The van der Waals surface area contributed by atoms with E-state index in [-0.39, 0.29) is 42.7 Å². The SMILES string of the molecule is CCC[C@H](NC(=O)[C@@H]1C[C@]2(CC(c3cccc(Cl)c3)=NO2)CN1C(=O)[C@@H](NS(=O)(=O)c1ccc(Cl)cc1)C1CCC1)C(=O)C(=O)NC1CC1. The summed E-state index contributed by atoms with van der Waals surface area (Å²) in [5.74, 6) is -3.01. The summed E-state index contributed by atoms with van der Waals surface area (Å²) in [4.78, 5) is 61.8. The van der Waals surface area contributed by atoms with Gasteiger partial charge >= 0.3 is 0 Å². The minimum Gasteiger partial charge on any atom is -0.387 e. The summed E-state index contributed by atoms with van der Waals surface area (Å²) in [7, 11) is -4.15. The zero-order valence-electron chi connectivity index (χ0n) is 27.0. The van der Waals surface area contributed by atoms with Crippen LogP contribution >= 0.6 is 23.2 Å². The first-order chi connectivity index (χ1) is 23.4. The summed E-state index contributed by atoms with van der Waals surface area (Å²) in [5.41, 5.74) is 0.224. The lowest BCUT2D eigenvalue weighted by Crippen LogP contribution is -2.58. The molecule has 2 aromatic carbocycles. The van der Waals surface area contributed by atoms with Gasteiger partial charge in [0, 0.05) is 34.5 Å². The molecule has 49 heavy (non-hydrogen) atoms. The van der Waals surface area contributed by atoms with Gasteiger partial charge in [0.15, 0.2) is 5.60 Å². The van der Waals surface area contributed by atoms with Gasteiger partial charge in [-0.2, -0.15) is 4.72 Å². The van der Waals surface area contributed by atoms with Gasteiger partial charge in [0.2, 0.25) is 27.6 Å². The van der Waals surface area contributed by atoms with E-state index in [9.17, 15) is 27.6 Å². The summed E-state index contributed by atoms with van der Waals surface area (Å²) < 4.78 is 29.6. The van der Waals surface area contributed by atoms with Gasteiger partial charge in [0.25, 0.3) is 5.91 Å². The smallest absolute Gasteiger partial charge is 0.289 e. The van der Waals surface area contributed by atoms with Crippen LogP contribution in [0.25, 0.3) is 0 Å². The standard InChI is InChI=1S/C34H39Cl2N5O7S/c1-2-5-26(30(42)32(44)37-24-12-13-24)38-31(43)28-18-34(17-27(39-48-34)21-8-4-9-23(36)16-21)19-41(28)33(45)29(20-6-3-7-20)40-49(46,47)25-14-10-22(35)11-15-25/h4,8-11,14-16,20,24,26,28-29,40H,2-3,5-7,12-13,17-19H2,1H3,(H,37,44)(H,38,43)/t26-,28-,29-,34+/m0/s1. The van der Waals surface area contributed by atoms with Crippen LogP contribution in [0.15, 0.2) is 58.6 Å². The van der Waals surface area contributed by atoms with Crippen molar-refractivity contribution in [2.75, 3.05) is 6.54 Å². The lowest BCUT2D eigenvalue weighted by molar-refractivity contribution is -0.143. The number of likely N-dealkylation sites (tertiary alicyclic amines) is 1. The fourth-order valence-corrected chi connectivity index (χ4v) is 8.14. The Morgan fingerprint density at radius 3 is 2.41 bits per heavy atom. The van der Waals surface area contributed by atoms with Crippen LogP contribution in [0.4, 0.5) is 0 Å². The monoisotopic (exact) mass is 731 g/mol. The maximum absolute atomic E-state index is 14.5. The molecule has 15 heteroatoms. The number of amides is 3. The minimum atomic E-state index is -4.15. The fraction of sp³-hybridized carbons (Fsp3) is 0.500. The van der Waals surface area contributed by atoms with E-state index in [1.54, 1.807) is 18.2 Å². The Morgan fingerprint density at radius 1 is 1.04 bits per heavy atom. The number of rotatable bonds is 13. The van der Waals surface area contributed by atoms with Crippen LogP contribution < -0.4 is 15.4 Å². The number of carbonyl (C=O) groups excluding carboxylic acids is 4. The van der Waals surface area contributed by atoms with E-state index in [1.807, 2.05) is 13.0 Å². The molecule has 0 radical (unpaired) electrons. The first-order valence-corrected chi connectivity index (χ1v) is 18.9. The molecule has 4 aliphatic rings. The molecule has 6 rings (SSSR count). The van der Waals surface area contributed by atoms with Crippen LogP contribution in [0.2, 0.25) is 10.0 Å². The average molecular weight is 733 g/mol. The molecular formula is C34H39Cl2N5O7S. The molecule has 2 saturated carbocycles. The van der Waals surface area contributed by atoms with E-state index in [0.717, 1.165) is 24.8 Å². The highest BCUT2D eigenvalue weighted by atomic mass is 35.5. The molecule has 0 unspecified atom stereocenters. The van der Waals surface area contributed by atoms with Crippen LogP contribution in [0, 0.1) is 5.92 Å². The second-order valence-electron chi connectivity index (χ2n) is 13.4. The number of nitrogens with zero attached hydrogens (tertiary/aromatic N) is 2. The van der Waals surface area contributed by atoms with E-state index in [4.69, 9.17) is 28.0 Å². The summed E-state index contributed by atoms with van der Waals surface area (Å²) in [5, 5.41) is 10.6. The number of nitrogens with one attached hydrogen (secondary N) is 3. The summed E-state index contributed by atoms with van der Waals surface area (Å²) in [6, 6.07) is 9.29. The zero-order chi connectivity index (χ0) is 34.9. The minimum absolute atomic E-state index is 0.0285. The van der Waals surface area contributed by atoms with Gasteiger partial charge < -0.3 is 20.4 Å². The zero-order valence-corrected chi connectivity index (χ0v) is 29.3. The molecule has 1 saturated heterocycles. The number of hydrogen-bond acceptors (Lipinski definition) is 8. The van der Waals surface area contributed by atoms with Crippen LogP contribution in [0.5, 0.6) is 0 Å². The normalized spacial score (nSPS) is 23.3. The Balaban J connectivity index is 1.28. The highest BCUT2D eigenvalue weighted by Crippen LogP contribution is 2.41. The topological polar surface area (TPSA) is 163 Å². The molecule has 0 aromatic heterocycles. The summed E-state index contributed by atoms with van der Waals surface area (Å²) in [6.07, 6.45) is 4.69. The maximum Gasteiger partial charge on any atom is 0.289 e. The summed E-state index contributed by atoms with van der Waals surface area (Å²) >= 11 is 12.2. The van der Waals surface area contributed by atoms with E-state index in [1.165, 1.54) is 29.2 Å². The number of ketones is 1. The van der Waals surface area contributed by atoms with Crippen LogP contribution in [-0.2, 0) is 34.0 Å². The highest BCUT2D eigenvalue weighted by molar-refractivity contribution is 7.89. The van der Waals surface area contributed by atoms with Gasteiger partial charge in [0.1, 0.15) is 12.1 Å². The van der Waals surface area contributed by atoms with Crippen molar-refractivity contribution in [2.24, 2.45) is 11.1 Å². The lowest BCUT2D eigenvalue weighted by atomic mass is 9.79. The average Bonchev–Trinajstić information content (AvgIpc) is 3.64. The predicted molar refractivity (Wildman–Crippen MR) is 182 cm³/mol. The van der Waals surface area contributed by atoms with Gasteiger partial charge in [-0.15, -0.1) is 0 Å². The van der Waals surface area contributed by atoms with Crippen molar-refractivity contribution in [1.82, 2.24) is 20.3 Å². The van der Waals surface area contributed by atoms with Gasteiger partial charge in [-0.3, -0.25) is 19.2 Å². The molecule has 1 spiro atoms. The summed E-state index contributed by atoms with van der Waals surface area (Å²) in [6.45, 7) is 1.78. The fourth-order valence-electron chi connectivity index (χ4n) is 6.57. The number of benzene rings is 2. The third-order valence-corrected chi connectivity index (χ3v) is 11.6. The number of halogens is 2. The molecule has 3 fully saturated rings. The Hall–Kier alpha value is -3.52. The molecule has 3 N–H and O–H groups in total. The molecule has 2 aliphatic heterocycles. The van der Waals surface area contributed by atoms with Crippen LogP contribution in [-0.4, -0.2) is 78.8 Å². The second-order valence-corrected chi connectivity index (χ2v) is 16.0. The number of sulfonamides is 1. The lowest BCUT2D eigenvalue weighted by Gasteiger charge is -2.37. The third kappa shape index (κ3) is 7.95.